The summed E-state index contributed by atoms with van der Waals surface area (Å²) in [7, 11) is 0. The van der Waals surface area contributed by atoms with Crippen LogP contribution in [0, 0.1) is 44.3 Å². The number of hydrogen-bond donors (Lipinski definition) is 23. The molecule has 0 unspecified atom stereocenters. The van der Waals surface area contributed by atoms with Gasteiger partial charge in [-0.2, -0.15) is 85.3 Å². The summed E-state index contributed by atoms with van der Waals surface area (Å²) in [6.45, 7) is 15.0. The highest BCUT2D eigenvalue weighted by Crippen LogP contribution is 2.13. The van der Waals surface area contributed by atoms with Crippen molar-refractivity contribution < 1.29 is 14.2 Å². The van der Waals surface area contributed by atoms with Gasteiger partial charge >= 0.3 is 0 Å². The van der Waals surface area contributed by atoms with Crippen molar-refractivity contribution in [1.29, 1.82) is 32.2 Å². The van der Waals surface area contributed by atoms with Gasteiger partial charge in [-0.15, -0.1) is 0 Å². The highest BCUT2D eigenvalue weighted by Gasteiger charge is 2.10. The number of amidine groups is 2. The van der Waals surface area contributed by atoms with Crippen molar-refractivity contribution in [2.45, 2.75) is 105 Å². The Morgan fingerprint density at radius 1 is 0.355 bits per heavy atom. The van der Waals surface area contributed by atoms with E-state index in [2.05, 4.69) is 101 Å². The zero-order valence-electron chi connectivity index (χ0n) is 68.5. The van der Waals surface area contributed by atoms with Crippen LogP contribution in [0.3, 0.4) is 0 Å². The number of aliphatic imine (C=N–C) groups is 2. The third-order valence-corrected chi connectivity index (χ3v) is 15.0. The second-order valence-corrected chi connectivity index (χ2v) is 24.8. The van der Waals surface area contributed by atoms with Gasteiger partial charge in [0.25, 0.3) is 0 Å². The van der Waals surface area contributed by atoms with Crippen molar-refractivity contribution in [3.63, 3.8) is 0 Å². The molecule has 0 radical (unpaired) electrons. The Labute approximate surface area is 707 Å². The van der Waals surface area contributed by atoms with Crippen molar-refractivity contribution in [3.05, 3.63) is 153 Å². The van der Waals surface area contributed by atoms with E-state index in [1.54, 1.807) is 67.6 Å². The van der Waals surface area contributed by atoms with E-state index in [0.29, 0.717) is 122 Å². The number of rotatable bonds is 34. The molecule has 0 aliphatic rings. The Morgan fingerprint density at radius 3 is 0.884 bits per heavy atom. The molecular weight excluding hydrogens is 1570 g/mol. The van der Waals surface area contributed by atoms with Gasteiger partial charge in [-0.05, 0) is 196 Å². The van der Waals surface area contributed by atoms with E-state index in [1.165, 1.54) is 0 Å². The number of nitrogens with two attached hydrogens (primary N) is 16. The number of aryl methyl sites for hydroxylation is 1. The molecule has 0 saturated heterocycles. The van der Waals surface area contributed by atoms with Crippen molar-refractivity contribution in [3.8, 4) is 12.1 Å². The first kappa shape index (κ1) is 103. The molecule has 46 heteroatoms. The summed E-state index contributed by atoms with van der Waals surface area (Å²) in [6, 6.07) is 32.2. The van der Waals surface area contributed by atoms with Gasteiger partial charge in [-0.1, -0.05) is 42.8 Å². The summed E-state index contributed by atoms with van der Waals surface area (Å²) in [6.07, 6.45) is 11.1. The molecule has 0 bridgehead atoms. The van der Waals surface area contributed by atoms with Gasteiger partial charge in [0, 0.05) is 72.7 Å². The molecule has 45 nitrogen and oxygen atoms in total. The third-order valence-electron chi connectivity index (χ3n) is 14.8. The van der Waals surface area contributed by atoms with Gasteiger partial charge in [0.2, 0.25) is 100 Å². The third kappa shape index (κ3) is 46.7. The van der Waals surface area contributed by atoms with E-state index in [9.17, 15) is 0 Å². The van der Waals surface area contributed by atoms with Crippen LogP contribution in [-0.2, 0) is 20.6 Å². The first-order valence-electron chi connectivity index (χ1n) is 38.1. The standard InChI is InChI=1S/C23H35N15.C12H16N2O2.C11H14N2O.C8H4N2.2C7H15N7.C4H12N2.C3H4ClN5/c24-17(30-11-3-1-2-6-16-33-19(26)35-20(27)34-16)14-7-9-15(10-8-14)18(25)31-12-4-5-13-32-23-37-21(28)36-22(29)38-23;1-3-15-11(13)9-5-7-10(8-6-9)12(14)16-4-2;1-3-14-11(13)10-6-4-9(5-7-10)8(2)12;9-5-7-1-2-8(6-10)4-3-7;2*8-3-1-2-4-11-7-13-5(9)12-6(10)14-7;5-3-1-2-4-6;4-1-7-2(5)9-3(6)8-1/h7-10H,1-6,11-13H2,(H2,24,30)(H2,25,31)(H4,26,27,33,34,35)(H5,28,29,32,36,37,38);5-8,13-14H,3-4H2,1-2H3;4-7,12-13H,3H2,1-2H3;1-4H;2*1-4,8H2,(H5,9,10,11,12,13,14);1-6H2;(H4,5,6,7,8,9). The lowest BCUT2D eigenvalue weighted by Gasteiger charge is -2.07. The van der Waals surface area contributed by atoms with Crippen LogP contribution in [0.4, 0.5) is 77.3 Å². The number of nitrogens with one attached hydrogen (secondary N) is 7. The fourth-order valence-electron chi connectivity index (χ4n) is 8.99. The lowest BCUT2D eigenvalue weighted by molar-refractivity contribution is 0.324. The highest BCUT2D eigenvalue weighted by molar-refractivity contribution is 6.28. The number of unbranched alkanes of at least 4 members (excludes halogenated alkanes) is 6. The number of halogens is 1. The monoisotopic (exact) mass is 1690 g/mol. The van der Waals surface area contributed by atoms with Crippen LogP contribution in [0.5, 0.6) is 0 Å². The van der Waals surface area contributed by atoms with E-state index in [0.717, 1.165) is 119 Å². The van der Waals surface area contributed by atoms with E-state index in [4.69, 9.17) is 150 Å². The maximum atomic E-state index is 8.37. The van der Waals surface area contributed by atoms with E-state index >= 15 is 0 Å². The van der Waals surface area contributed by atoms with Crippen molar-refractivity contribution in [1.82, 2.24) is 74.8 Å². The Kier molecular flexibility index (Phi) is 51.6. The summed E-state index contributed by atoms with van der Waals surface area (Å²) in [5.74, 6) is 4.23. The fraction of sp³-hybridized carbons (Fsp3) is 0.373. The number of hydrogen-bond acceptors (Lipinski definition) is 43. The summed E-state index contributed by atoms with van der Waals surface area (Å²) in [5, 5.41) is 55.9. The average Bonchev–Trinajstić information content (AvgIpc) is 0.864. The van der Waals surface area contributed by atoms with Gasteiger partial charge < -0.3 is 127 Å². The lowest BCUT2D eigenvalue weighted by Crippen LogP contribution is -2.17. The van der Waals surface area contributed by atoms with Crippen molar-refractivity contribution in [2.75, 3.05) is 152 Å². The number of anilines is 13. The van der Waals surface area contributed by atoms with Crippen LogP contribution in [0.25, 0.3) is 0 Å². The minimum absolute atomic E-state index is 0.0139. The zero-order chi connectivity index (χ0) is 89.7. The van der Waals surface area contributed by atoms with Gasteiger partial charge in [-0.3, -0.25) is 26.2 Å². The summed E-state index contributed by atoms with van der Waals surface area (Å²) in [4.78, 5) is 65.7. The van der Waals surface area contributed by atoms with Crippen LogP contribution in [-0.4, -0.2) is 189 Å². The van der Waals surface area contributed by atoms with Gasteiger partial charge in [-0.25, -0.2) is 0 Å². The van der Waals surface area contributed by atoms with Crippen LogP contribution in [0.15, 0.2) is 107 Å². The minimum atomic E-state index is 0.0139. The van der Waals surface area contributed by atoms with Crippen LogP contribution < -0.4 is 108 Å². The van der Waals surface area contributed by atoms with E-state index in [1.807, 2.05) is 69.3 Å². The van der Waals surface area contributed by atoms with Crippen LogP contribution >= 0.6 is 11.6 Å². The number of aromatic nitrogens is 15. The zero-order valence-corrected chi connectivity index (χ0v) is 69.3. The second kappa shape index (κ2) is 60.9. The molecule has 5 heterocycles. The first-order valence-corrected chi connectivity index (χ1v) is 38.4. The molecule has 0 atom stereocenters. The molecule has 0 aliphatic carbocycles. The Balaban J connectivity index is 0.000000505. The molecule has 0 fully saturated rings. The maximum Gasteiger partial charge on any atom is 0.229 e. The summed E-state index contributed by atoms with van der Waals surface area (Å²) >= 11 is 5.33. The molecule has 0 spiro atoms. The SMILES string of the molecule is CCOC(=N)c1ccc(C(=N)OCC)cc1.CCOC(=N)c1ccc(C(C)=N)cc1.N#Cc1ccc(C#N)cc1.NC(=NCCCCCc1nc(N)nc(N)n1)c1ccc(C(N)=NCCCCNc2nc(N)nc(N)n2)cc1.NCCCCN.NCCCCNc1nc(N)nc(N)n1.NCCCCNc1nc(N)nc(N)n1.Nc1nc(N)nc(Cl)n1. The number of nitriles is 2. The van der Waals surface area contributed by atoms with Crippen LogP contribution in [0.2, 0.25) is 5.28 Å². The Morgan fingerprint density at radius 2 is 0.612 bits per heavy atom. The molecule has 0 amide bonds. The summed E-state index contributed by atoms with van der Waals surface area (Å²) < 4.78 is 15.2. The molecule has 4 aromatic carbocycles. The predicted molar refractivity (Wildman–Crippen MR) is 479 cm³/mol. The van der Waals surface area contributed by atoms with Crippen LogP contribution in [0.1, 0.15) is 149 Å². The molecule has 0 saturated carbocycles. The highest BCUT2D eigenvalue weighted by atomic mass is 35.5. The van der Waals surface area contributed by atoms with Crippen molar-refractivity contribution in [2.24, 2.45) is 44.4 Å². The summed E-state index contributed by atoms with van der Waals surface area (Å²) in [5.41, 5.74) is 93.8. The maximum absolute atomic E-state index is 8.37. The first-order chi connectivity index (χ1) is 58.0. The smallest absolute Gasteiger partial charge is 0.229 e. The quantitative estimate of drug-likeness (QED) is 0.0153. The van der Waals surface area contributed by atoms with E-state index in [-0.39, 0.29) is 82.5 Å². The number of nitrogens with zero attached hydrogens (tertiary/aromatic N) is 19. The Bertz CT molecular complexity index is 4300. The number of ether oxygens (including phenoxy) is 3. The largest absolute Gasteiger partial charge is 0.478 e. The van der Waals surface area contributed by atoms with E-state index < -0.39 is 0 Å². The molecule has 650 valence electrons. The number of nitrogen functional groups attached to an aromatic ring is 10. The molecule has 9 aromatic rings. The predicted octanol–water partition coefficient (Wildman–Crippen LogP) is 4.12. The Hall–Kier alpha value is -14.5. The molecule has 9 rings (SSSR count). The average molecular weight is 1690 g/mol. The van der Waals surface area contributed by atoms with Gasteiger partial charge in [0.05, 0.1) is 43.1 Å². The fourth-order valence-corrected chi connectivity index (χ4v) is 9.17. The van der Waals surface area contributed by atoms with Gasteiger partial charge in [0.15, 0.2) is 0 Å². The van der Waals surface area contributed by atoms with Gasteiger partial charge in [0.1, 0.15) is 17.5 Å². The molecular formula is C75H115ClN42O3. The second-order valence-electron chi connectivity index (χ2n) is 24.5. The topological polar surface area (TPSA) is 841 Å². The molecule has 121 heavy (non-hydrogen) atoms. The lowest BCUT2D eigenvalue weighted by atomic mass is 10.1. The molecule has 5 aromatic heterocycles. The molecule has 39 N–H and O–H groups in total. The number of benzene rings is 4. The normalized spacial score (nSPS) is 10.3. The minimum Gasteiger partial charge on any atom is -0.478 e. The molecule has 0 aliphatic heterocycles. The van der Waals surface area contributed by atoms with Crippen molar-refractivity contribution >= 4 is 124 Å².